The first kappa shape index (κ1) is 20.4. The molecule has 1 unspecified atom stereocenters. The molecule has 0 spiro atoms. The average Bonchev–Trinajstić information content (AvgIpc) is 3.11. The molecule has 4 rings (SSSR count). The monoisotopic (exact) mass is 421 g/mol. The Morgan fingerprint density at radius 2 is 1.87 bits per heavy atom. The van der Waals surface area contributed by atoms with Crippen LogP contribution in [0.25, 0.3) is 0 Å². The molecule has 0 saturated carbocycles. The predicted octanol–water partition coefficient (Wildman–Crippen LogP) is 4.79. The number of nitrogens with one attached hydrogen (secondary N) is 1. The van der Waals surface area contributed by atoms with Gasteiger partial charge in [-0.2, -0.15) is 0 Å². The van der Waals surface area contributed by atoms with Crippen LogP contribution in [-0.4, -0.2) is 30.1 Å². The van der Waals surface area contributed by atoms with Gasteiger partial charge in [-0.3, -0.25) is 4.79 Å². The number of halogens is 1. The predicted molar refractivity (Wildman–Crippen MR) is 121 cm³/mol. The SMILES string of the molecule is Cc1ccc(C2=NC3=CC(=O)NC3C(CCCCOc3ccc(Cl)c(C)c3)=N2)cc1. The summed E-state index contributed by atoms with van der Waals surface area (Å²) in [7, 11) is 0. The van der Waals surface area contributed by atoms with Crippen LogP contribution in [0.15, 0.2) is 64.2 Å². The maximum atomic E-state index is 11.9. The minimum absolute atomic E-state index is 0.113. The smallest absolute Gasteiger partial charge is 0.246 e. The highest BCUT2D eigenvalue weighted by molar-refractivity contribution is 6.31. The number of fused-ring (bicyclic) bond motifs is 1. The molecular formula is C24H24ClN3O2. The fourth-order valence-electron chi connectivity index (χ4n) is 3.51. The van der Waals surface area contributed by atoms with E-state index in [1.165, 1.54) is 5.56 Å². The van der Waals surface area contributed by atoms with Crippen LogP contribution in [0.3, 0.4) is 0 Å². The van der Waals surface area contributed by atoms with Gasteiger partial charge in [0.25, 0.3) is 0 Å². The molecule has 0 bridgehead atoms. The second-order valence-electron chi connectivity index (χ2n) is 7.63. The Morgan fingerprint density at radius 3 is 2.63 bits per heavy atom. The summed E-state index contributed by atoms with van der Waals surface area (Å²) in [5.41, 5.74) is 4.83. The van der Waals surface area contributed by atoms with Crippen LogP contribution < -0.4 is 10.1 Å². The normalized spacial score (nSPS) is 17.6. The lowest BCUT2D eigenvalue weighted by atomic mass is 10.0. The molecular weight excluding hydrogens is 398 g/mol. The van der Waals surface area contributed by atoms with Crippen molar-refractivity contribution in [1.29, 1.82) is 0 Å². The summed E-state index contributed by atoms with van der Waals surface area (Å²) in [6, 6.07) is 13.6. The highest BCUT2D eigenvalue weighted by Gasteiger charge is 2.31. The zero-order valence-electron chi connectivity index (χ0n) is 17.1. The Balaban J connectivity index is 1.38. The second-order valence-corrected chi connectivity index (χ2v) is 8.04. The lowest BCUT2D eigenvalue weighted by Crippen LogP contribution is -2.38. The summed E-state index contributed by atoms with van der Waals surface area (Å²) < 4.78 is 5.83. The maximum absolute atomic E-state index is 11.9. The highest BCUT2D eigenvalue weighted by Crippen LogP contribution is 2.24. The third kappa shape index (κ3) is 4.62. The van der Waals surface area contributed by atoms with E-state index in [0.717, 1.165) is 52.6 Å². The number of carbonyl (C=O) groups excluding carboxylic acids is 1. The van der Waals surface area contributed by atoms with Crippen LogP contribution in [0.1, 0.15) is 36.0 Å². The van der Waals surface area contributed by atoms with Gasteiger partial charge in [0, 0.05) is 22.4 Å². The van der Waals surface area contributed by atoms with E-state index in [4.69, 9.17) is 21.3 Å². The summed E-state index contributed by atoms with van der Waals surface area (Å²) in [5, 5.41) is 3.69. The number of rotatable bonds is 7. The molecule has 0 fully saturated rings. The third-order valence-corrected chi connectivity index (χ3v) is 5.64. The molecule has 6 heteroatoms. The van der Waals surface area contributed by atoms with E-state index in [9.17, 15) is 4.79 Å². The van der Waals surface area contributed by atoms with E-state index in [1.807, 2.05) is 56.3 Å². The molecule has 1 N–H and O–H groups in total. The molecule has 2 heterocycles. The molecule has 154 valence electrons. The molecule has 0 saturated heterocycles. The van der Waals surface area contributed by atoms with Crippen LogP contribution in [0.5, 0.6) is 5.75 Å². The van der Waals surface area contributed by atoms with E-state index < -0.39 is 0 Å². The van der Waals surface area contributed by atoms with Crippen LogP contribution >= 0.6 is 11.6 Å². The topological polar surface area (TPSA) is 63.0 Å². The lowest BCUT2D eigenvalue weighted by Gasteiger charge is -2.21. The van der Waals surface area contributed by atoms with Gasteiger partial charge in [-0.1, -0.05) is 41.4 Å². The molecule has 5 nitrogen and oxygen atoms in total. The standard InChI is InChI=1S/C24H24ClN3O2/c1-15-6-8-17(9-7-15)24-26-20(23-21(27-24)14-22(29)28-23)5-3-4-12-30-18-10-11-19(25)16(2)13-18/h6-11,13-14,23H,3-5,12H2,1-2H3,(H,28,29). The summed E-state index contributed by atoms with van der Waals surface area (Å²) in [5.74, 6) is 1.38. The maximum Gasteiger partial charge on any atom is 0.246 e. The molecule has 30 heavy (non-hydrogen) atoms. The number of aliphatic imine (C=N–C) groups is 2. The first-order chi connectivity index (χ1) is 14.5. The molecule has 0 aliphatic carbocycles. The van der Waals surface area contributed by atoms with Crippen molar-refractivity contribution in [3.05, 3.63) is 76.0 Å². The van der Waals surface area contributed by atoms with Gasteiger partial charge in [0.05, 0.1) is 12.3 Å². The van der Waals surface area contributed by atoms with Gasteiger partial charge >= 0.3 is 0 Å². The Bertz CT molecular complexity index is 1050. The number of aryl methyl sites for hydroxylation is 2. The molecule has 2 aliphatic heterocycles. The fourth-order valence-corrected chi connectivity index (χ4v) is 3.63. The summed E-state index contributed by atoms with van der Waals surface area (Å²) >= 11 is 6.06. The Hall–Kier alpha value is -2.92. The fraction of sp³-hybridized carbons (Fsp3) is 0.292. The number of amidine groups is 1. The number of ether oxygens (including phenoxy) is 1. The largest absolute Gasteiger partial charge is 0.494 e. The molecule has 1 amide bonds. The summed E-state index contributed by atoms with van der Waals surface area (Å²) in [6.07, 6.45) is 4.14. The van der Waals surface area contributed by atoms with Crippen molar-refractivity contribution in [3.63, 3.8) is 0 Å². The van der Waals surface area contributed by atoms with E-state index in [-0.39, 0.29) is 11.9 Å². The van der Waals surface area contributed by atoms with Crippen LogP contribution in [0, 0.1) is 13.8 Å². The van der Waals surface area contributed by atoms with Crippen molar-refractivity contribution in [2.24, 2.45) is 9.98 Å². The van der Waals surface area contributed by atoms with Gasteiger partial charge < -0.3 is 10.1 Å². The van der Waals surface area contributed by atoms with Gasteiger partial charge in [-0.05, 0) is 56.9 Å². The van der Waals surface area contributed by atoms with Crippen LogP contribution in [0.2, 0.25) is 5.02 Å². The molecule has 2 aliphatic rings. The zero-order chi connectivity index (χ0) is 21.1. The summed E-state index contributed by atoms with van der Waals surface area (Å²) in [6.45, 7) is 4.63. The third-order valence-electron chi connectivity index (χ3n) is 5.21. The summed E-state index contributed by atoms with van der Waals surface area (Å²) in [4.78, 5) is 21.3. The number of unbranched alkanes of at least 4 members (excludes halogenated alkanes) is 1. The first-order valence-corrected chi connectivity index (χ1v) is 10.5. The van der Waals surface area contributed by atoms with Crippen molar-refractivity contribution < 1.29 is 9.53 Å². The van der Waals surface area contributed by atoms with Crippen molar-refractivity contribution >= 4 is 29.1 Å². The highest BCUT2D eigenvalue weighted by atomic mass is 35.5. The van der Waals surface area contributed by atoms with Gasteiger partial charge in [-0.25, -0.2) is 9.98 Å². The van der Waals surface area contributed by atoms with Crippen LogP contribution in [-0.2, 0) is 4.79 Å². The minimum atomic E-state index is -0.216. The van der Waals surface area contributed by atoms with Gasteiger partial charge in [0.15, 0.2) is 5.84 Å². The lowest BCUT2D eigenvalue weighted by molar-refractivity contribution is -0.115. The number of carbonyl (C=O) groups is 1. The quantitative estimate of drug-likeness (QED) is 0.653. The zero-order valence-corrected chi connectivity index (χ0v) is 17.9. The van der Waals surface area contributed by atoms with E-state index >= 15 is 0 Å². The number of nitrogens with zero attached hydrogens (tertiary/aromatic N) is 2. The minimum Gasteiger partial charge on any atom is -0.494 e. The number of hydrogen-bond acceptors (Lipinski definition) is 4. The molecule has 0 aromatic heterocycles. The van der Waals surface area contributed by atoms with E-state index in [0.29, 0.717) is 12.4 Å². The average molecular weight is 422 g/mol. The van der Waals surface area contributed by atoms with Crippen molar-refractivity contribution in [3.8, 4) is 5.75 Å². The number of hydrogen-bond donors (Lipinski definition) is 1. The van der Waals surface area contributed by atoms with E-state index in [1.54, 1.807) is 6.08 Å². The Kier molecular flexibility index (Phi) is 6.00. The van der Waals surface area contributed by atoms with Gasteiger partial charge in [0.2, 0.25) is 5.91 Å². The number of amides is 1. The van der Waals surface area contributed by atoms with E-state index in [2.05, 4.69) is 10.3 Å². The first-order valence-electron chi connectivity index (χ1n) is 10.1. The van der Waals surface area contributed by atoms with Crippen molar-refractivity contribution in [1.82, 2.24) is 5.32 Å². The Morgan fingerprint density at radius 1 is 1.07 bits per heavy atom. The molecule has 2 aromatic rings. The van der Waals surface area contributed by atoms with Crippen molar-refractivity contribution in [2.75, 3.05) is 6.61 Å². The molecule has 0 radical (unpaired) electrons. The second kappa shape index (κ2) is 8.84. The Labute approximate surface area is 181 Å². The molecule has 1 atom stereocenters. The van der Waals surface area contributed by atoms with Gasteiger partial charge in [0.1, 0.15) is 11.8 Å². The molecule has 2 aromatic carbocycles. The van der Waals surface area contributed by atoms with Gasteiger partial charge in [-0.15, -0.1) is 0 Å². The van der Waals surface area contributed by atoms with Crippen LogP contribution in [0.4, 0.5) is 0 Å². The van der Waals surface area contributed by atoms with Crippen molar-refractivity contribution in [2.45, 2.75) is 39.2 Å². The number of benzene rings is 2.